The molecule has 0 amide bonds. The number of hydrogen-bond acceptors (Lipinski definition) is 6. The molecule has 0 bridgehead atoms. The summed E-state index contributed by atoms with van der Waals surface area (Å²) in [5.74, 6) is -0.133. The minimum absolute atomic E-state index is 0.0797. The quantitative estimate of drug-likeness (QED) is 0.773. The van der Waals surface area contributed by atoms with Crippen LogP contribution in [0.5, 0.6) is 11.8 Å². The minimum Gasteiger partial charge on any atom is -0.454 e. The zero-order chi connectivity index (χ0) is 18.4. The first-order chi connectivity index (χ1) is 11.8. The van der Waals surface area contributed by atoms with Crippen molar-refractivity contribution in [3.05, 3.63) is 53.1 Å². The molecule has 25 heavy (non-hydrogen) atoms. The van der Waals surface area contributed by atoms with Crippen molar-refractivity contribution in [2.45, 2.75) is 26.6 Å². The van der Waals surface area contributed by atoms with Crippen molar-refractivity contribution >= 4 is 17.3 Å². The molecule has 0 saturated carbocycles. The Morgan fingerprint density at radius 1 is 1.32 bits per heavy atom. The van der Waals surface area contributed by atoms with Gasteiger partial charge in [0.25, 0.3) is 0 Å². The number of aryl methyl sites for hydroxylation is 1. The predicted octanol–water partition coefficient (Wildman–Crippen LogP) is 3.72. The zero-order valence-electron chi connectivity index (χ0n) is 13.5. The van der Waals surface area contributed by atoms with Crippen LogP contribution in [-0.2, 0) is 0 Å². The number of alkyl halides is 2. The van der Waals surface area contributed by atoms with E-state index in [1.165, 1.54) is 18.3 Å². The summed E-state index contributed by atoms with van der Waals surface area (Å²) in [6.07, 6.45) is 2.56. The molecule has 1 aromatic heterocycles. The SMILES string of the molecule is Cc1ccnc(OC(C)/C(N)=C/Nc2ccc(Cl)c(OC(F)F)c2)n1. The molecule has 6 nitrogen and oxygen atoms in total. The summed E-state index contributed by atoms with van der Waals surface area (Å²) in [4.78, 5) is 8.11. The van der Waals surface area contributed by atoms with Crippen LogP contribution >= 0.6 is 11.6 Å². The van der Waals surface area contributed by atoms with Crippen molar-refractivity contribution < 1.29 is 18.3 Å². The van der Waals surface area contributed by atoms with E-state index in [1.54, 1.807) is 25.3 Å². The van der Waals surface area contributed by atoms with Gasteiger partial charge in [-0.25, -0.2) is 9.97 Å². The summed E-state index contributed by atoms with van der Waals surface area (Å²) in [7, 11) is 0. The minimum atomic E-state index is -2.96. The molecule has 0 spiro atoms. The van der Waals surface area contributed by atoms with Gasteiger partial charge >= 0.3 is 12.6 Å². The lowest BCUT2D eigenvalue weighted by molar-refractivity contribution is -0.0497. The number of hydrogen-bond donors (Lipinski definition) is 2. The van der Waals surface area contributed by atoms with Crippen molar-refractivity contribution in [1.82, 2.24) is 9.97 Å². The summed E-state index contributed by atoms with van der Waals surface area (Å²) in [5, 5.41) is 2.95. The zero-order valence-corrected chi connectivity index (χ0v) is 14.3. The lowest BCUT2D eigenvalue weighted by Crippen LogP contribution is -2.23. The molecule has 0 fully saturated rings. The molecule has 2 rings (SSSR count). The predicted molar refractivity (Wildman–Crippen MR) is 90.8 cm³/mol. The van der Waals surface area contributed by atoms with E-state index in [4.69, 9.17) is 22.1 Å². The van der Waals surface area contributed by atoms with Gasteiger partial charge in [-0.1, -0.05) is 11.6 Å². The first-order valence-electron chi connectivity index (χ1n) is 7.28. The average molecular weight is 371 g/mol. The van der Waals surface area contributed by atoms with Crippen LogP contribution in [0.2, 0.25) is 5.02 Å². The van der Waals surface area contributed by atoms with Crippen molar-refractivity contribution in [3.8, 4) is 11.8 Å². The lowest BCUT2D eigenvalue weighted by atomic mass is 10.3. The Labute approximate surface area is 148 Å². The van der Waals surface area contributed by atoms with Crippen LogP contribution in [0, 0.1) is 6.92 Å². The van der Waals surface area contributed by atoms with E-state index in [2.05, 4.69) is 20.0 Å². The molecule has 0 aliphatic carbocycles. The normalized spacial score (nSPS) is 12.8. The van der Waals surface area contributed by atoms with Gasteiger partial charge in [0, 0.05) is 29.8 Å². The van der Waals surface area contributed by atoms with E-state index in [-0.39, 0.29) is 16.8 Å². The lowest BCUT2D eigenvalue weighted by Gasteiger charge is -2.14. The Balaban J connectivity index is 2.02. The van der Waals surface area contributed by atoms with E-state index in [0.717, 1.165) is 5.69 Å². The van der Waals surface area contributed by atoms with Crippen molar-refractivity contribution in [2.24, 2.45) is 5.73 Å². The fourth-order valence-electron chi connectivity index (χ4n) is 1.77. The fourth-order valence-corrected chi connectivity index (χ4v) is 1.93. The van der Waals surface area contributed by atoms with E-state index < -0.39 is 12.7 Å². The maximum absolute atomic E-state index is 12.3. The van der Waals surface area contributed by atoms with Crippen molar-refractivity contribution in [3.63, 3.8) is 0 Å². The summed E-state index contributed by atoms with van der Waals surface area (Å²) >= 11 is 5.80. The Morgan fingerprint density at radius 3 is 2.76 bits per heavy atom. The number of anilines is 1. The number of rotatable bonds is 7. The number of ether oxygens (including phenoxy) is 2. The second kappa shape index (κ2) is 8.48. The number of aromatic nitrogens is 2. The van der Waals surface area contributed by atoms with Crippen LogP contribution in [0.1, 0.15) is 12.6 Å². The Hall–Kier alpha value is -2.61. The molecule has 1 unspecified atom stereocenters. The van der Waals surface area contributed by atoms with Crippen molar-refractivity contribution in [1.29, 1.82) is 0 Å². The Morgan fingerprint density at radius 2 is 2.08 bits per heavy atom. The first kappa shape index (κ1) is 18.7. The van der Waals surface area contributed by atoms with Gasteiger partial charge in [-0.05, 0) is 32.0 Å². The average Bonchev–Trinajstić information content (AvgIpc) is 2.54. The number of benzene rings is 1. The highest BCUT2D eigenvalue weighted by atomic mass is 35.5. The van der Waals surface area contributed by atoms with Gasteiger partial charge in [0.05, 0.1) is 10.7 Å². The standard InChI is InChI=1S/C16H17ClF2N4O2/c1-9-5-6-21-16(23-9)24-10(2)13(20)8-22-11-3-4-12(17)14(7-11)25-15(18)19/h3-8,10,15,22H,20H2,1-2H3/b13-8-. The van der Waals surface area contributed by atoms with Gasteiger partial charge in [0.2, 0.25) is 0 Å². The van der Waals surface area contributed by atoms with Crippen LogP contribution < -0.4 is 20.5 Å². The summed E-state index contributed by atoms with van der Waals surface area (Å²) < 4.78 is 34.5. The third-order valence-electron chi connectivity index (χ3n) is 3.08. The van der Waals surface area contributed by atoms with E-state index >= 15 is 0 Å². The molecule has 134 valence electrons. The monoisotopic (exact) mass is 370 g/mol. The van der Waals surface area contributed by atoms with E-state index in [9.17, 15) is 8.78 Å². The molecular formula is C16H17ClF2N4O2. The summed E-state index contributed by atoms with van der Waals surface area (Å²) in [6, 6.07) is 6.33. The van der Waals surface area contributed by atoms with E-state index in [1.807, 2.05) is 6.92 Å². The smallest absolute Gasteiger partial charge is 0.387 e. The maximum atomic E-state index is 12.3. The number of nitrogens with zero attached hydrogens (tertiary/aromatic N) is 2. The third kappa shape index (κ3) is 5.75. The van der Waals surface area contributed by atoms with Crippen molar-refractivity contribution in [2.75, 3.05) is 5.32 Å². The van der Waals surface area contributed by atoms with Crippen LogP contribution in [-0.4, -0.2) is 22.7 Å². The fraction of sp³-hybridized carbons (Fsp3) is 0.250. The highest BCUT2D eigenvalue weighted by Gasteiger charge is 2.11. The van der Waals surface area contributed by atoms with Gasteiger partial charge in [-0.2, -0.15) is 8.78 Å². The second-order valence-corrected chi connectivity index (χ2v) is 5.46. The van der Waals surface area contributed by atoms with Crippen LogP contribution in [0.25, 0.3) is 0 Å². The van der Waals surface area contributed by atoms with Crippen LogP contribution in [0.3, 0.4) is 0 Å². The first-order valence-corrected chi connectivity index (χ1v) is 7.65. The summed E-state index contributed by atoms with van der Waals surface area (Å²) in [6.45, 7) is 0.586. The van der Waals surface area contributed by atoms with Gasteiger partial charge in [-0.15, -0.1) is 0 Å². The molecule has 2 aromatic rings. The van der Waals surface area contributed by atoms with E-state index in [0.29, 0.717) is 11.4 Å². The molecule has 1 heterocycles. The largest absolute Gasteiger partial charge is 0.454 e. The van der Waals surface area contributed by atoms with Gasteiger partial charge in [0.15, 0.2) is 0 Å². The second-order valence-electron chi connectivity index (χ2n) is 5.05. The molecule has 0 aliphatic heterocycles. The Bertz CT molecular complexity index is 759. The molecule has 1 aromatic carbocycles. The molecule has 9 heteroatoms. The number of halogens is 3. The number of nitrogens with two attached hydrogens (primary N) is 1. The summed E-state index contributed by atoms with van der Waals surface area (Å²) in [5.41, 5.74) is 7.54. The topological polar surface area (TPSA) is 82.3 Å². The molecule has 3 N–H and O–H groups in total. The van der Waals surface area contributed by atoms with Gasteiger partial charge in [-0.3, -0.25) is 0 Å². The Kier molecular flexibility index (Phi) is 6.35. The molecule has 1 atom stereocenters. The molecular weight excluding hydrogens is 354 g/mol. The maximum Gasteiger partial charge on any atom is 0.387 e. The third-order valence-corrected chi connectivity index (χ3v) is 3.39. The van der Waals surface area contributed by atoms with Gasteiger partial charge in [0.1, 0.15) is 11.9 Å². The van der Waals surface area contributed by atoms with Crippen LogP contribution in [0.15, 0.2) is 42.4 Å². The highest BCUT2D eigenvalue weighted by Crippen LogP contribution is 2.29. The highest BCUT2D eigenvalue weighted by molar-refractivity contribution is 6.32. The van der Waals surface area contributed by atoms with Gasteiger partial charge < -0.3 is 20.5 Å². The molecule has 0 saturated heterocycles. The van der Waals surface area contributed by atoms with Crippen LogP contribution in [0.4, 0.5) is 14.5 Å². The number of nitrogens with one attached hydrogen (secondary N) is 1. The molecule has 0 aliphatic rings. The molecule has 0 radical (unpaired) electrons.